The fraction of sp³-hybridized carbons (Fsp3) is 0.625. The summed E-state index contributed by atoms with van der Waals surface area (Å²) in [6, 6.07) is 8.41. The van der Waals surface area contributed by atoms with Crippen molar-refractivity contribution in [1.29, 1.82) is 0 Å². The fourth-order valence-corrected chi connectivity index (χ4v) is 2.65. The van der Waals surface area contributed by atoms with Gasteiger partial charge in [0.05, 0.1) is 0 Å². The van der Waals surface area contributed by atoms with E-state index in [2.05, 4.69) is 45.0 Å². The molecule has 0 spiro atoms. The molecule has 100 valence electrons. The van der Waals surface area contributed by atoms with Gasteiger partial charge in [0, 0.05) is 0 Å². The van der Waals surface area contributed by atoms with Crippen molar-refractivity contribution in [3.8, 4) is 5.75 Å². The molecule has 0 aromatic heterocycles. The molecule has 2 rings (SSSR count). The van der Waals surface area contributed by atoms with E-state index in [-0.39, 0.29) is 11.0 Å². The van der Waals surface area contributed by atoms with Crippen LogP contribution in [0.1, 0.15) is 52.0 Å². The molecule has 1 aromatic carbocycles. The number of ether oxygens (including phenoxy) is 1. The third kappa shape index (κ3) is 2.69. The highest BCUT2D eigenvalue weighted by Crippen LogP contribution is 2.41. The molecule has 0 heterocycles. The summed E-state index contributed by atoms with van der Waals surface area (Å²) >= 11 is 0. The van der Waals surface area contributed by atoms with Gasteiger partial charge in [-0.15, -0.1) is 0 Å². The third-order valence-corrected chi connectivity index (χ3v) is 3.89. The molecule has 2 N–H and O–H groups in total. The molecule has 0 unspecified atom stereocenters. The van der Waals surface area contributed by atoms with E-state index in [1.807, 2.05) is 0 Å². The first kappa shape index (κ1) is 13.4. The Balaban J connectivity index is 2.23. The number of para-hydroxylation sites is 1. The van der Waals surface area contributed by atoms with Crippen LogP contribution in [0.2, 0.25) is 0 Å². The largest absolute Gasteiger partial charge is 0.487 e. The van der Waals surface area contributed by atoms with Crippen LogP contribution in [0.15, 0.2) is 24.3 Å². The number of benzene rings is 1. The highest BCUT2D eigenvalue weighted by molar-refractivity contribution is 5.39. The van der Waals surface area contributed by atoms with Crippen LogP contribution in [0.4, 0.5) is 0 Å². The van der Waals surface area contributed by atoms with Gasteiger partial charge in [-0.3, -0.25) is 0 Å². The van der Waals surface area contributed by atoms with Crippen molar-refractivity contribution in [2.45, 2.75) is 57.5 Å². The Morgan fingerprint density at radius 1 is 1.22 bits per heavy atom. The molecule has 1 aliphatic carbocycles. The smallest absolute Gasteiger partial charge is 0.123 e. The highest BCUT2D eigenvalue weighted by Gasteiger charge is 2.39. The quantitative estimate of drug-likeness (QED) is 0.881. The van der Waals surface area contributed by atoms with Crippen LogP contribution in [0.5, 0.6) is 5.75 Å². The van der Waals surface area contributed by atoms with Crippen molar-refractivity contribution in [3.05, 3.63) is 29.8 Å². The zero-order chi connectivity index (χ0) is 13.2. The zero-order valence-electron chi connectivity index (χ0n) is 11.8. The second-order valence-corrected chi connectivity index (χ2v) is 6.42. The van der Waals surface area contributed by atoms with Crippen LogP contribution >= 0.6 is 0 Å². The summed E-state index contributed by atoms with van der Waals surface area (Å²) in [5.74, 6) is 1.04. The Labute approximate surface area is 111 Å². The van der Waals surface area contributed by atoms with Crippen molar-refractivity contribution in [1.82, 2.24) is 0 Å². The lowest BCUT2D eigenvalue weighted by molar-refractivity contribution is -0.0138. The average Bonchev–Trinajstić information content (AvgIpc) is 2.25. The molecule has 18 heavy (non-hydrogen) atoms. The van der Waals surface area contributed by atoms with E-state index in [0.29, 0.717) is 6.54 Å². The minimum Gasteiger partial charge on any atom is -0.487 e. The normalized spacial score (nSPS) is 18.2. The first-order valence-electron chi connectivity index (χ1n) is 6.95. The molecular weight excluding hydrogens is 222 g/mol. The second-order valence-electron chi connectivity index (χ2n) is 6.42. The van der Waals surface area contributed by atoms with Crippen molar-refractivity contribution in [3.63, 3.8) is 0 Å². The summed E-state index contributed by atoms with van der Waals surface area (Å²) in [4.78, 5) is 0. The van der Waals surface area contributed by atoms with Crippen LogP contribution in [-0.4, -0.2) is 12.1 Å². The summed E-state index contributed by atoms with van der Waals surface area (Å²) in [5, 5.41) is 0. The van der Waals surface area contributed by atoms with Gasteiger partial charge in [-0.2, -0.15) is 0 Å². The molecule has 1 saturated carbocycles. The first-order valence-corrected chi connectivity index (χ1v) is 6.95. The monoisotopic (exact) mass is 247 g/mol. The van der Waals surface area contributed by atoms with Gasteiger partial charge in [0.25, 0.3) is 0 Å². The fourth-order valence-electron chi connectivity index (χ4n) is 2.65. The molecule has 1 aromatic rings. The van der Waals surface area contributed by atoms with E-state index < -0.39 is 0 Å². The molecule has 0 amide bonds. The van der Waals surface area contributed by atoms with Gasteiger partial charge in [0.15, 0.2) is 0 Å². The number of hydrogen-bond donors (Lipinski definition) is 1. The van der Waals surface area contributed by atoms with Crippen LogP contribution in [0.25, 0.3) is 0 Å². The van der Waals surface area contributed by atoms with Gasteiger partial charge in [0.2, 0.25) is 0 Å². The van der Waals surface area contributed by atoms with E-state index in [4.69, 9.17) is 10.5 Å². The summed E-state index contributed by atoms with van der Waals surface area (Å²) in [6.45, 7) is 7.39. The van der Waals surface area contributed by atoms with E-state index in [1.165, 1.54) is 12.0 Å². The molecule has 0 saturated heterocycles. The molecule has 0 radical (unpaired) electrons. The standard InChI is InChI=1S/C16H25NO/c1-15(2,3)13-7-4-5-8-14(13)18-16(11-12-17)9-6-10-16/h4-5,7-8H,6,9-12,17H2,1-3H3. The van der Waals surface area contributed by atoms with Crippen LogP contribution < -0.4 is 10.5 Å². The third-order valence-electron chi connectivity index (χ3n) is 3.89. The summed E-state index contributed by atoms with van der Waals surface area (Å²) in [7, 11) is 0. The Morgan fingerprint density at radius 2 is 1.89 bits per heavy atom. The van der Waals surface area contributed by atoms with Gasteiger partial charge in [-0.25, -0.2) is 0 Å². The predicted molar refractivity (Wildman–Crippen MR) is 76.0 cm³/mol. The SMILES string of the molecule is CC(C)(C)c1ccccc1OC1(CCN)CCC1. The molecule has 2 nitrogen and oxygen atoms in total. The van der Waals surface area contributed by atoms with Crippen molar-refractivity contribution >= 4 is 0 Å². The minimum absolute atomic E-state index is 0.0100. The number of nitrogens with two attached hydrogens (primary N) is 1. The lowest BCUT2D eigenvalue weighted by atomic mass is 9.77. The zero-order valence-corrected chi connectivity index (χ0v) is 11.8. The minimum atomic E-state index is 0.0100. The Hall–Kier alpha value is -1.02. The summed E-state index contributed by atoms with van der Waals surface area (Å²) < 4.78 is 6.36. The maximum Gasteiger partial charge on any atom is 0.123 e. The van der Waals surface area contributed by atoms with Crippen molar-refractivity contribution < 1.29 is 4.74 Å². The van der Waals surface area contributed by atoms with Gasteiger partial charge in [-0.1, -0.05) is 39.0 Å². The Kier molecular flexibility index (Phi) is 3.67. The predicted octanol–water partition coefficient (Wildman–Crippen LogP) is 3.63. The van der Waals surface area contributed by atoms with Crippen LogP contribution in [-0.2, 0) is 5.41 Å². The average molecular weight is 247 g/mol. The number of hydrogen-bond acceptors (Lipinski definition) is 2. The summed E-state index contributed by atoms with van der Waals surface area (Å²) in [6.07, 6.45) is 4.51. The molecule has 1 fully saturated rings. The van der Waals surface area contributed by atoms with Crippen LogP contribution in [0.3, 0.4) is 0 Å². The molecule has 0 bridgehead atoms. The van der Waals surface area contributed by atoms with Gasteiger partial charge in [-0.05, 0) is 49.3 Å². The van der Waals surface area contributed by atoms with E-state index in [1.54, 1.807) is 0 Å². The number of rotatable bonds is 4. The highest BCUT2D eigenvalue weighted by atomic mass is 16.5. The van der Waals surface area contributed by atoms with E-state index >= 15 is 0 Å². The second kappa shape index (κ2) is 4.93. The molecule has 2 heteroatoms. The molecule has 0 aliphatic heterocycles. The molecule has 0 atom stereocenters. The maximum atomic E-state index is 6.36. The lowest BCUT2D eigenvalue weighted by Gasteiger charge is -2.43. The van der Waals surface area contributed by atoms with E-state index in [0.717, 1.165) is 25.0 Å². The lowest BCUT2D eigenvalue weighted by Crippen LogP contribution is -2.45. The van der Waals surface area contributed by atoms with Crippen molar-refractivity contribution in [2.24, 2.45) is 5.73 Å². The molecular formula is C16H25NO. The van der Waals surface area contributed by atoms with Gasteiger partial charge >= 0.3 is 0 Å². The Morgan fingerprint density at radius 3 is 2.39 bits per heavy atom. The van der Waals surface area contributed by atoms with Gasteiger partial charge < -0.3 is 10.5 Å². The maximum absolute atomic E-state index is 6.36. The van der Waals surface area contributed by atoms with Gasteiger partial charge in [0.1, 0.15) is 11.4 Å². The topological polar surface area (TPSA) is 35.2 Å². The van der Waals surface area contributed by atoms with Crippen LogP contribution in [0, 0.1) is 0 Å². The first-order chi connectivity index (χ1) is 8.47. The Bertz CT molecular complexity index is 402. The van der Waals surface area contributed by atoms with E-state index in [9.17, 15) is 0 Å². The molecule has 1 aliphatic rings. The summed E-state index contributed by atoms with van der Waals surface area (Å²) in [5.41, 5.74) is 7.13. The van der Waals surface area contributed by atoms with Crippen molar-refractivity contribution in [2.75, 3.05) is 6.54 Å².